The van der Waals surface area contributed by atoms with Gasteiger partial charge in [0.1, 0.15) is 6.04 Å². The third-order valence-corrected chi connectivity index (χ3v) is 5.86. The second kappa shape index (κ2) is 11.4. The van der Waals surface area contributed by atoms with E-state index in [0.717, 1.165) is 4.90 Å². The molecule has 9 heteroatoms. The highest BCUT2D eigenvalue weighted by Gasteiger charge is 2.35. The lowest BCUT2D eigenvalue weighted by atomic mass is 10.1. The van der Waals surface area contributed by atoms with Gasteiger partial charge in [0.25, 0.3) is 23.6 Å². The molecule has 0 aliphatic carbocycles. The fourth-order valence-electron chi connectivity index (χ4n) is 3.34. The Balaban J connectivity index is 1.66. The van der Waals surface area contributed by atoms with E-state index in [2.05, 4.69) is 15.8 Å². The molecule has 0 bridgehead atoms. The normalized spacial score (nSPS) is 14.1. The van der Waals surface area contributed by atoms with Gasteiger partial charge in [0.15, 0.2) is 0 Å². The third-order valence-electron chi connectivity index (χ3n) is 5.22. The molecule has 3 rings (SSSR count). The average Bonchev–Trinajstić information content (AvgIpc) is 3.09. The lowest BCUT2D eigenvalue weighted by Crippen LogP contribution is -2.46. The molecule has 2 aromatic rings. The molecule has 0 aromatic heterocycles. The maximum Gasteiger partial charge on any atom is 0.262 e. The van der Waals surface area contributed by atoms with E-state index in [9.17, 15) is 19.2 Å². The van der Waals surface area contributed by atoms with Crippen molar-refractivity contribution in [3.8, 4) is 0 Å². The number of thioether (sulfide) groups is 1. The van der Waals surface area contributed by atoms with Crippen LogP contribution in [-0.2, 0) is 4.79 Å². The van der Waals surface area contributed by atoms with Crippen LogP contribution in [0.2, 0.25) is 0 Å². The van der Waals surface area contributed by atoms with Crippen LogP contribution >= 0.6 is 11.8 Å². The molecule has 1 heterocycles. The van der Waals surface area contributed by atoms with Crippen LogP contribution < -0.4 is 10.7 Å². The van der Waals surface area contributed by atoms with Crippen LogP contribution in [0.25, 0.3) is 0 Å². The van der Waals surface area contributed by atoms with Crippen LogP contribution in [0.4, 0.5) is 0 Å². The number of fused-ring (bicyclic) bond motifs is 1. The van der Waals surface area contributed by atoms with Crippen molar-refractivity contribution < 1.29 is 19.2 Å². The van der Waals surface area contributed by atoms with Crippen molar-refractivity contribution in [1.82, 2.24) is 15.6 Å². The molecule has 1 unspecified atom stereocenters. The number of carbonyl (C=O) groups is 4. The maximum absolute atomic E-state index is 12.8. The van der Waals surface area contributed by atoms with Gasteiger partial charge in [-0.15, -0.1) is 0 Å². The van der Waals surface area contributed by atoms with Crippen LogP contribution in [0, 0.1) is 0 Å². The summed E-state index contributed by atoms with van der Waals surface area (Å²) in [6, 6.07) is 14.5. The molecular formula is C24H26N4O4S. The SMILES string of the molecule is CCC(CN1C(=O)c2ccccc2C1=O)=NNC(=O)C(CCSC)NC(=O)c1ccccc1. The summed E-state index contributed by atoms with van der Waals surface area (Å²) < 4.78 is 0. The molecule has 0 saturated carbocycles. The molecule has 33 heavy (non-hydrogen) atoms. The second-order valence-electron chi connectivity index (χ2n) is 7.42. The zero-order chi connectivity index (χ0) is 23.8. The molecule has 1 aliphatic heterocycles. The zero-order valence-electron chi connectivity index (χ0n) is 18.5. The van der Waals surface area contributed by atoms with Crippen molar-refractivity contribution in [3.05, 3.63) is 71.3 Å². The summed E-state index contributed by atoms with van der Waals surface area (Å²) >= 11 is 1.57. The summed E-state index contributed by atoms with van der Waals surface area (Å²) in [6.45, 7) is 1.81. The molecule has 172 valence electrons. The van der Waals surface area contributed by atoms with Crippen LogP contribution in [0.1, 0.15) is 50.8 Å². The second-order valence-corrected chi connectivity index (χ2v) is 8.41. The van der Waals surface area contributed by atoms with Gasteiger partial charge in [-0.25, -0.2) is 5.43 Å². The van der Waals surface area contributed by atoms with Crippen molar-refractivity contribution in [2.45, 2.75) is 25.8 Å². The van der Waals surface area contributed by atoms with E-state index in [1.165, 1.54) is 0 Å². The largest absolute Gasteiger partial charge is 0.340 e. The van der Waals surface area contributed by atoms with E-state index in [0.29, 0.717) is 41.0 Å². The molecule has 8 nitrogen and oxygen atoms in total. The Morgan fingerprint density at radius 2 is 1.61 bits per heavy atom. The number of nitrogens with one attached hydrogen (secondary N) is 2. The molecular weight excluding hydrogens is 440 g/mol. The molecule has 0 radical (unpaired) electrons. The van der Waals surface area contributed by atoms with E-state index < -0.39 is 11.9 Å². The molecule has 0 spiro atoms. The van der Waals surface area contributed by atoms with Gasteiger partial charge >= 0.3 is 0 Å². The highest BCUT2D eigenvalue weighted by Crippen LogP contribution is 2.22. The van der Waals surface area contributed by atoms with Gasteiger partial charge in [-0.05, 0) is 49.1 Å². The van der Waals surface area contributed by atoms with Gasteiger partial charge in [-0.3, -0.25) is 24.1 Å². The molecule has 0 fully saturated rings. The number of carbonyl (C=O) groups excluding carboxylic acids is 4. The Morgan fingerprint density at radius 3 is 2.18 bits per heavy atom. The lowest BCUT2D eigenvalue weighted by molar-refractivity contribution is -0.123. The highest BCUT2D eigenvalue weighted by molar-refractivity contribution is 7.98. The standard InChI is InChI=1S/C24H26N4O4S/c1-3-17(15-28-23(31)18-11-7-8-12-19(18)24(28)32)26-27-22(30)20(13-14-33-2)25-21(29)16-9-5-4-6-10-16/h4-12,20H,3,13-15H2,1-2H3,(H,25,29)(H,27,30). The van der Waals surface area contributed by atoms with E-state index >= 15 is 0 Å². The topological polar surface area (TPSA) is 108 Å². The van der Waals surface area contributed by atoms with Crippen LogP contribution in [-0.4, -0.2) is 58.8 Å². The summed E-state index contributed by atoms with van der Waals surface area (Å²) in [5, 5.41) is 6.92. The van der Waals surface area contributed by atoms with Gasteiger partial charge in [-0.1, -0.05) is 37.3 Å². The molecule has 4 amide bonds. The van der Waals surface area contributed by atoms with Gasteiger partial charge < -0.3 is 5.32 Å². The molecule has 2 N–H and O–H groups in total. The molecule has 1 aliphatic rings. The third kappa shape index (κ3) is 5.87. The minimum atomic E-state index is -0.772. The minimum Gasteiger partial charge on any atom is -0.340 e. The van der Waals surface area contributed by atoms with Gasteiger partial charge in [0, 0.05) is 5.56 Å². The number of hydrogen-bond acceptors (Lipinski definition) is 6. The van der Waals surface area contributed by atoms with Crippen molar-refractivity contribution in [2.75, 3.05) is 18.6 Å². The van der Waals surface area contributed by atoms with E-state index in [1.54, 1.807) is 60.3 Å². The first-order valence-corrected chi connectivity index (χ1v) is 12.0. The van der Waals surface area contributed by atoms with Gasteiger partial charge in [-0.2, -0.15) is 16.9 Å². The van der Waals surface area contributed by atoms with Crippen LogP contribution in [0.15, 0.2) is 59.7 Å². The van der Waals surface area contributed by atoms with Crippen molar-refractivity contribution in [2.24, 2.45) is 5.10 Å². The fourth-order valence-corrected chi connectivity index (χ4v) is 3.81. The van der Waals surface area contributed by atoms with Gasteiger partial charge in [0.05, 0.1) is 23.4 Å². The van der Waals surface area contributed by atoms with E-state index in [4.69, 9.17) is 0 Å². The predicted octanol–water partition coefficient (Wildman–Crippen LogP) is 2.72. The Labute approximate surface area is 196 Å². The Bertz CT molecular complexity index is 1040. The average molecular weight is 467 g/mol. The number of benzene rings is 2. The molecule has 0 saturated heterocycles. The number of hydrogen-bond donors (Lipinski definition) is 2. The quantitative estimate of drug-likeness (QED) is 0.318. The summed E-state index contributed by atoms with van der Waals surface area (Å²) in [5.41, 5.74) is 4.16. The van der Waals surface area contributed by atoms with Crippen molar-refractivity contribution in [3.63, 3.8) is 0 Å². The Hall–Kier alpha value is -3.46. The summed E-state index contributed by atoms with van der Waals surface area (Å²) in [5.74, 6) is -0.886. The number of rotatable bonds is 10. The lowest BCUT2D eigenvalue weighted by Gasteiger charge is -2.18. The number of nitrogens with zero attached hydrogens (tertiary/aromatic N) is 2. The number of imide groups is 1. The summed E-state index contributed by atoms with van der Waals surface area (Å²) in [6.07, 6.45) is 2.78. The van der Waals surface area contributed by atoms with Crippen molar-refractivity contribution >= 4 is 41.1 Å². The van der Waals surface area contributed by atoms with E-state index in [-0.39, 0.29) is 24.3 Å². The fraction of sp³-hybridized carbons (Fsp3) is 0.292. The number of hydrazone groups is 1. The highest BCUT2D eigenvalue weighted by atomic mass is 32.2. The smallest absolute Gasteiger partial charge is 0.262 e. The first-order valence-electron chi connectivity index (χ1n) is 10.6. The molecule has 2 aromatic carbocycles. The van der Waals surface area contributed by atoms with Crippen LogP contribution in [0.3, 0.4) is 0 Å². The summed E-state index contributed by atoms with van der Waals surface area (Å²) in [4.78, 5) is 51.6. The van der Waals surface area contributed by atoms with Crippen molar-refractivity contribution in [1.29, 1.82) is 0 Å². The Morgan fingerprint density at radius 1 is 1.00 bits per heavy atom. The summed E-state index contributed by atoms with van der Waals surface area (Å²) in [7, 11) is 0. The Kier molecular flexibility index (Phi) is 8.37. The van der Waals surface area contributed by atoms with E-state index in [1.807, 2.05) is 19.2 Å². The molecule has 1 atom stereocenters. The first-order chi connectivity index (χ1) is 16.0. The zero-order valence-corrected chi connectivity index (χ0v) is 19.4. The number of amides is 4. The minimum absolute atomic E-state index is 0.0189. The monoisotopic (exact) mass is 466 g/mol. The maximum atomic E-state index is 12.8. The predicted molar refractivity (Wildman–Crippen MR) is 128 cm³/mol. The first kappa shape index (κ1) is 24.2. The van der Waals surface area contributed by atoms with Gasteiger partial charge in [0.2, 0.25) is 0 Å². The van der Waals surface area contributed by atoms with Crippen LogP contribution in [0.5, 0.6) is 0 Å².